The number of carbonyl (C=O) groups is 1. The Morgan fingerprint density at radius 2 is 2.19 bits per heavy atom. The van der Waals surface area contributed by atoms with E-state index in [-0.39, 0.29) is 11.9 Å². The van der Waals surface area contributed by atoms with Crippen molar-refractivity contribution in [3.05, 3.63) is 54.0 Å². The molecule has 0 radical (unpaired) electrons. The van der Waals surface area contributed by atoms with E-state index in [1.807, 2.05) is 29.2 Å². The number of nitrogens with one attached hydrogen (secondary N) is 1. The molecule has 4 nitrogen and oxygen atoms in total. The van der Waals surface area contributed by atoms with Gasteiger partial charge in [0.1, 0.15) is 5.82 Å². The lowest BCUT2D eigenvalue weighted by atomic mass is 10.2. The van der Waals surface area contributed by atoms with Crippen molar-refractivity contribution < 1.29 is 4.79 Å². The standard InChI is InChI=1S/C16H16ClN3O/c1-2-15(21)20-9-3-4-14(20)16-18-10-13(19-16)11-5-7-12(17)8-6-11/h2,5-8,10,14H,1,3-4,9H2,(H,18,19)/t14-/m1/s1. The van der Waals surface area contributed by atoms with Crippen molar-refractivity contribution >= 4 is 17.5 Å². The predicted molar refractivity (Wildman–Crippen MR) is 82.9 cm³/mol. The second-order valence-corrected chi connectivity index (χ2v) is 5.52. The molecule has 0 spiro atoms. The number of halogens is 1. The second-order valence-electron chi connectivity index (χ2n) is 5.08. The van der Waals surface area contributed by atoms with Crippen LogP contribution in [0.5, 0.6) is 0 Å². The van der Waals surface area contributed by atoms with E-state index in [4.69, 9.17) is 11.6 Å². The Bertz CT molecular complexity index is 662. The summed E-state index contributed by atoms with van der Waals surface area (Å²) < 4.78 is 0. The lowest BCUT2D eigenvalue weighted by molar-refractivity contribution is -0.127. The van der Waals surface area contributed by atoms with Gasteiger partial charge in [-0.25, -0.2) is 4.98 Å². The number of imidazole rings is 1. The summed E-state index contributed by atoms with van der Waals surface area (Å²) >= 11 is 5.90. The first-order valence-electron chi connectivity index (χ1n) is 6.93. The molecule has 1 atom stereocenters. The van der Waals surface area contributed by atoms with Gasteiger partial charge in [0.2, 0.25) is 5.91 Å². The number of aromatic nitrogens is 2. The molecule has 1 aliphatic rings. The van der Waals surface area contributed by atoms with Gasteiger partial charge >= 0.3 is 0 Å². The zero-order chi connectivity index (χ0) is 14.8. The monoisotopic (exact) mass is 301 g/mol. The van der Waals surface area contributed by atoms with E-state index < -0.39 is 0 Å². The third-order valence-electron chi connectivity index (χ3n) is 3.78. The highest BCUT2D eigenvalue weighted by molar-refractivity contribution is 6.30. The topological polar surface area (TPSA) is 49.0 Å². The number of hydrogen-bond acceptors (Lipinski definition) is 2. The van der Waals surface area contributed by atoms with Crippen molar-refractivity contribution in [2.75, 3.05) is 6.54 Å². The molecular formula is C16H16ClN3O. The van der Waals surface area contributed by atoms with Gasteiger partial charge in [0.25, 0.3) is 0 Å². The Kier molecular flexibility index (Phi) is 3.80. The number of nitrogens with zero attached hydrogens (tertiary/aromatic N) is 2. The minimum absolute atomic E-state index is 0.0107. The molecule has 2 heterocycles. The fourth-order valence-corrected chi connectivity index (χ4v) is 2.84. The van der Waals surface area contributed by atoms with Crippen LogP contribution in [-0.2, 0) is 4.79 Å². The van der Waals surface area contributed by atoms with Crippen molar-refractivity contribution in [1.82, 2.24) is 14.9 Å². The van der Waals surface area contributed by atoms with Crippen molar-refractivity contribution in [3.63, 3.8) is 0 Å². The molecule has 1 amide bonds. The van der Waals surface area contributed by atoms with Gasteiger partial charge in [-0.1, -0.05) is 30.3 Å². The van der Waals surface area contributed by atoms with E-state index in [1.165, 1.54) is 6.08 Å². The maximum absolute atomic E-state index is 11.9. The van der Waals surface area contributed by atoms with Gasteiger partial charge in [-0.15, -0.1) is 0 Å². The highest BCUT2D eigenvalue weighted by atomic mass is 35.5. The molecule has 5 heteroatoms. The second kappa shape index (κ2) is 5.74. The number of aromatic amines is 1. The molecule has 2 aromatic rings. The van der Waals surface area contributed by atoms with Gasteiger partial charge in [0, 0.05) is 11.6 Å². The molecule has 1 aliphatic heterocycles. The van der Waals surface area contributed by atoms with Gasteiger partial charge in [0.05, 0.1) is 17.9 Å². The molecule has 0 bridgehead atoms. The number of benzene rings is 1. The molecule has 0 unspecified atom stereocenters. The van der Waals surface area contributed by atoms with Crippen LogP contribution >= 0.6 is 11.6 Å². The van der Waals surface area contributed by atoms with Crippen LogP contribution in [0.2, 0.25) is 5.02 Å². The Hall–Kier alpha value is -2.07. The summed E-state index contributed by atoms with van der Waals surface area (Å²) in [6.45, 7) is 4.32. The van der Waals surface area contributed by atoms with Crippen LogP contribution < -0.4 is 0 Å². The third kappa shape index (κ3) is 2.72. The molecule has 1 aromatic heterocycles. The molecular weight excluding hydrogens is 286 g/mol. The van der Waals surface area contributed by atoms with Crippen LogP contribution in [0.4, 0.5) is 0 Å². The Labute approximate surface area is 128 Å². The van der Waals surface area contributed by atoms with E-state index in [0.29, 0.717) is 5.02 Å². The summed E-state index contributed by atoms with van der Waals surface area (Å²) in [7, 11) is 0. The predicted octanol–water partition coefficient (Wildman–Crippen LogP) is 3.58. The molecule has 1 fully saturated rings. The first-order valence-corrected chi connectivity index (χ1v) is 7.30. The number of amides is 1. The lowest BCUT2D eigenvalue weighted by Gasteiger charge is -2.21. The summed E-state index contributed by atoms with van der Waals surface area (Å²) in [5.74, 6) is 0.787. The zero-order valence-electron chi connectivity index (χ0n) is 11.6. The molecule has 3 rings (SSSR count). The zero-order valence-corrected chi connectivity index (χ0v) is 12.3. The number of carbonyl (C=O) groups excluding carboxylic acids is 1. The minimum Gasteiger partial charge on any atom is -0.340 e. The summed E-state index contributed by atoms with van der Waals surface area (Å²) in [5.41, 5.74) is 1.96. The van der Waals surface area contributed by atoms with Gasteiger partial charge in [-0.05, 0) is 36.6 Å². The van der Waals surface area contributed by atoms with Gasteiger partial charge in [-0.3, -0.25) is 4.79 Å². The van der Waals surface area contributed by atoms with Crippen LogP contribution in [0.15, 0.2) is 43.1 Å². The average molecular weight is 302 g/mol. The van der Waals surface area contributed by atoms with Crippen LogP contribution in [0.1, 0.15) is 24.7 Å². The van der Waals surface area contributed by atoms with E-state index in [2.05, 4.69) is 16.5 Å². The van der Waals surface area contributed by atoms with Gasteiger partial charge < -0.3 is 9.88 Å². The number of rotatable bonds is 3. The fraction of sp³-hybridized carbons (Fsp3) is 0.250. The summed E-state index contributed by atoms with van der Waals surface area (Å²) in [4.78, 5) is 21.4. The largest absolute Gasteiger partial charge is 0.340 e. The van der Waals surface area contributed by atoms with E-state index >= 15 is 0 Å². The first-order chi connectivity index (χ1) is 10.2. The van der Waals surface area contributed by atoms with E-state index in [9.17, 15) is 4.79 Å². The van der Waals surface area contributed by atoms with Gasteiger partial charge in [-0.2, -0.15) is 0 Å². The minimum atomic E-state index is -0.0399. The highest BCUT2D eigenvalue weighted by Gasteiger charge is 2.30. The summed E-state index contributed by atoms with van der Waals surface area (Å²) in [6.07, 6.45) is 5.07. The van der Waals surface area contributed by atoms with Crippen molar-refractivity contribution in [1.29, 1.82) is 0 Å². The molecule has 108 valence electrons. The lowest BCUT2D eigenvalue weighted by Crippen LogP contribution is -2.29. The Morgan fingerprint density at radius 1 is 1.43 bits per heavy atom. The third-order valence-corrected chi connectivity index (χ3v) is 4.03. The molecule has 1 N–H and O–H groups in total. The maximum atomic E-state index is 11.9. The quantitative estimate of drug-likeness (QED) is 0.881. The van der Waals surface area contributed by atoms with Crippen LogP contribution in [-0.4, -0.2) is 27.3 Å². The highest BCUT2D eigenvalue weighted by Crippen LogP contribution is 2.31. The Morgan fingerprint density at radius 3 is 2.90 bits per heavy atom. The van der Waals surface area contributed by atoms with E-state index in [1.54, 1.807) is 6.20 Å². The SMILES string of the molecule is C=CC(=O)N1CCC[C@@H]1c1ncc(-c2ccc(Cl)cc2)[nH]1. The van der Waals surface area contributed by atoms with Crippen LogP contribution in [0, 0.1) is 0 Å². The molecule has 1 aromatic carbocycles. The van der Waals surface area contributed by atoms with Crippen molar-refractivity contribution in [2.45, 2.75) is 18.9 Å². The number of H-pyrrole nitrogens is 1. The van der Waals surface area contributed by atoms with Crippen LogP contribution in [0.3, 0.4) is 0 Å². The van der Waals surface area contributed by atoms with E-state index in [0.717, 1.165) is 36.5 Å². The number of hydrogen-bond donors (Lipinski definition) is 1. The Balaban J connectivity index is 1.86. The summed E-state index contributed by atoms with van der Waals surface area (Å²) in [5, 5.41) is 0.706. The van der Waals surface area contributed by atoms with Crippen molar-refractivity contribution in [3.8, 4) is 11.3 Å². The molecule has 0 saturated carbocycles. The first kappa shape index (κ1) is 13.9. The molecule has 1 saturated heterocycles. The van der Waals surface area contributed by atoms with Gasteiger partial charge in [0.15, 0.2) is 0 Å². The van der Waals surface area contributed by atoms with Crippen molar-refractivity contribution in [2.24, 2.45) is 0 Å². The number of likely N-dealkylation sites (tertiary alicyclic amines) is 1. The molecule has 0 aliphatic carbocycles. The summed E-state index contributed by atoms with van der Waals surface area (Å²) in [6, 6.07) is 7.60. The fourth-order valence-electron chi connectivity index (χ4n) is 2.71. The normalized spacial score (nSPS) is 18.0. The maximum Gasteiger partial charge on any atom is 0.246 e. The average Bonchev–Trinajstić information content (AvgIpc) is 3.15. The van der Waals surface area contributed by atoms with Crippen LogP contribution in [0.25, 0.3) is 11.3 Å². The molecule has 21 heavy (non-hydrogen) atoms. The smallest absolute Gasteiger partial charge is 0.246 e.